The van der Waals surface area contributed by atoms with Crippen LogP contribution in [0.3, 0.4) is 0 Å². The number of sulfonamides is 1. The summed E-state index contributed by atoms with van der Waals surface area (Å²) >= 11 is 0. The van der Waals surface area contributed by atoms with Gasteiger partial charge in [-0.3, -0.25) is 4.79 Å². The molecule has 2 aromatic rings. The third-order valence-electron chi connectivity index (χ3n) is 4.73. The molecule has 3 rings (SSSR count). The van der Waals surface area contributed by atoms with E-state index in [-0.39, 0.29) is 17.3 Å². The largest absolute Gasteiger partial charge is 0.492 e. The van der Waals surface area contributed by atoms with Crippen molar-refractivity contribution in [1.82, 2.24) is 4.31 Å². The van der Waals surface area contributed by atoms with E-state index in [0.29, 0.717) is 37.7 Å². The number of anilines is 1. The Labute approximate surface area is 171 Å². The van der Waals surface area contributed by atoms with Gasteiger partial charge in [-0.15, -0.1) is 0 Å². The Morgan fingerprint density at radius 3 is 2.69 bits per heavy atom. The highest BCUT2D eigenvalue weighted by Gasteiger charge is 2.30. The number of amides is 1. The van der Waals surface area contributed by atoms with Gasteiger partial charge in [0, 0.05) is 18.8 Å². The quantitative estimate of drug-likeness (QED) is 0.632. The molecular weight excluding hydrogens is 394 g/mol. The summed E-state index contributed by atoms with van der Waals surface area (Å²) in [6.07, 6.45) is 3.31. The van der Waals surface area contributed by atoms with Crippen LogP contribution in [0.5, 0.6) is 5.75 Å². The van der Waals surface area contributed by atoms with Crippen molar-refractivity contribution in [3.63, 3.8) is 0 Å². The van der Waals surface area contributed by atoms with E-state index < -0.39 is 10.0 Å². The highest BCUT2D eigenvalue weighted by Crippen LogP contribution is 2.31. The molecule has 8 nitrogen and oxygen atoms in total. The zero-order chi connectivity index (χ0) is 20.9. The predicted octanol–water partition coefficient (Wildman–Crippen LogP) is 1.12. The summed E-state index contributed by atoms with van der Waals surface area (Å²) in [4.78, 5) is 13.5. The standard InChI is InChI=1S/C20H27N3O5S/c1-3-27-18-9-8-16(13-19(18)29(25,26)23-10-4-5-11-23)21-20(24)15-22(2)14-17-7-6-12-28-17/h6-9,12-13H,3-5,10-11,14-15H2,1-2H3,(H,21,24)/p+1. The topological polar surface area (TPSA) is 93.3 Å². The number of hydrogen-bond acceptors (Lipinski definition) is 5. The summed E-state index contributed by atoms with van der Waals surface area (Å²) in [7, 11) is -1.78. The number of quaternary nitrogens is 1. The number of nitrogens with one attached hydrogen (secondary N) is 2. The second kappa shape index (κ2) is 9.43. The maximum absolute atomic E-state index is 13.0. The Morgan fingerprint density at radius 1 is 1.28 bits per heavy atom. The SMILES string of the molecule is CCOc1ccc(NC(=O)C[NH+](C)Cc2ccco2)cc1S(=O)(=O)N1CCCC1. The van der Waals surface area contributed by atoms with Gasteiger partial charge in [-0.1, -0.05) is 0 Å². The third kappa shape index (κ3) is 5.37. The Morgan fingerprint density at radius 2 is 2.03 bits per heavy atom. The van der Waals surface area contributed by atoms with Crippen molar-refractivity contribution in [2.24, 2.45) is 0 Å². The molecule has 1 amide bonds. The molecule has 1 fully saturated rings. The summed E-state index contributed by atoms with van der Waals surface area (Å²) in [6, 6.07) is 8.42. The number of likely N-dealkylation sites (N-methyl/N-ethyl adjacent to an activating group) is 1. The lowest BCUT2D eigenvalue weighted by atomic mass is 10.3. The van der Waals surface area contributed by atoms with Crippen molar-refractivity contribution < 1.29 is 27.3 Å². The summed E-state index contributed by atoms with van der Waals surface area (Å²) in [5.41, 5.74) is 0.432. The molecule has 1 aromatic carbocycles. The first-order chi connectivity index (χ1) is 13.9. The maximum Gasteiger partial charge on any atom is 0.279 e. The lowest BCUT2D eigenvalue weighted by Crippen LogP contribution is -3.08. The molecule has 2 heterocycles. The number of furan rings is 1. The molecular formula is C20H28N3O5S+. The van der Waals surface area contributed by atoms with Gasteiger partial charge >= 0.3 is 0 Å². The molecule has 0 spiro atoms. The van der Waals surface area contributed by atoms with Crippen molar-refractivity contribution >= 4 is 21.6 Å². The van der Waals surface area contributed by atoms with E-state index in [1.165, 1.54) is 10.4 Å². The van der Waals surface area contributed by atoms with Crippen LogP contribution in [0.25, 0.3) is 0 Å². The van der Waals surface area contributed by atoms with Crippen molar-refractivity contribution in [2.75, 3.05) is 38.6 Å². The first-order valence-electron chi connectivity index (χ1n) is 9.80. The number of carbonyl (C=O) groups is 1. The maximum atomic E-state index is 13.0. The van der Waals surface area contributed by atoms with Gasteiger partial charge in [0.2, 0.25) is 10.0 Å². The number of nitrogens with zero attached hydrogens (tertiary/aromatic N) is 1. The molecule has 0 aliphatic carbocycles. The van der Waals surface area contributed by atoms with Crippen LogP contribution in [0.4, 0.5) is 5.69 Å². The first-order valence-corrected chi connectivity index (χ1v) is 11.2. The summed E-state index contributed by atoms with van der Waals surface area (Å²) in [5.74, 6) is 0.899. The lowest BCUT2D eigenvalue weighted by molar-refractivity contribution is -0.886. The van der Waals surface area contributed by atoms with Crippen LogP contribution in [0, 0.1) is 0 Å². The van der Waals surface area contributed by atoms with Crippen LogP contribution < -0.4 is 15.0 Å². The van der Waals surface area contributed by atoms with Crippen molar-refractivity contribution in [1.29, 1.82) is 0 Å². The van der Waals surface area contributed by atoms with Crippen molar-refractivity contribution in [3.8, 4) is 5.75 Å². The third-order valence-corrected chi connectivity index (χ3v) is 6.65. The van der Waals surface area contributed by atoms with E-state index in [2.05, 4.69) is 5.32 Å². The van der Waals surface area contributed by atoms with Gasteiger partial charge in [0.15, 0.2) is 12.3 Å². The Bertz CT molecular complexity index is 922. The molecule has 0 saturated carbocycles. The van der Waals surface area contributed by atoms with E-state index in [9.17, 15) is 13.2 Å². The Hall–Kier alpha value is -2.36. The molecule has 29 heavy (non-hydrogen) atoms. The molecule has 158 valence electrons. The monoisotopic (exact) mass is 422 g/mol. The smallest absolute Gasteiger partial charge is 0.279 e. The van der Waals surface area contributed by atoms with Gasteiger partial charge in [-0.05, 0) is 50.1 Å². The summed E-state index contributed by atoms with van der Waals surface area (Å²) in [5, 5.41) is 2.80. The first kappa shape index (κ1) is 21.4. The highest BCUT2D eigenvalue weighted by atomic mass is 32.2. The van der Waals surface area contributed by atoms with Gasteiger partial charge in [-0.2, -0.15) is 4.31 Å². The molecule has 0 radical (unpaired) electrons. The number of hydrogen-bond donors (Lipinski definition) is 2. The minimum atomic E-state index is -3.67. The van der Waals surface area contributed by atoms with E-state index in [0.717, 1.165) is 23.5 Å². The molecule has 0 bridgehead atoms. The van der Waals surface area contributed by atoms with Crippen LogP contribution in [0.15, 0.2) is 45.9 Å². The zero-order valence-electron chi connectivity index (χ0n) is 16.8. The average molecular weight is 423 g/mol. The molecule has 1 saturated heterocycles. The van der Waals surface area contributed by atoms with Gasteiger partial charge in [0.1, 0.15) is 17.2 Å². The zero-order valence-corrected chi connectivity index (χ0v) is 17.6. The average Bonchev–Trinajstić information content (AvgIpc) is 3.37. The molecule has 1 aliphatic rings. The molecule has 2 N–H and O–H groups in total. The summed E-state index contributed by atoms with van der Waals surface area (Å²) in [6.45, 7) is 3.98. The van der Waals surface area contributed by atoms with Crippen molar-refractivity contribution in [2.45, 2.75) is 31.2 Å². The van der Waals surface area contributed by atoms with Crippen LogP contribution in [0.2, 0.25) is 0 Å². The van der Waals surface area contributed by atoms with E-state index >= 15 is 0 Å². The fraction of sp³-hybridized carbons (Fsp3) is 0.450. The summed E-state index contributed by atoms with van der Waals surface area (Å²) < 4.78 is 38.4. The van der Waals surface area contributed by atoms with Gasteiger partial charge in [-0.25, -0.2) is 8.42 Å². The number of ether oxygens (including phenoxy) is 1. The minimum absolute atomic E-state index is 0.0929. The van der Waals surface area contributed by atoms with Gasteiger partial charge in [0.05, 0.1) is 19.9 Å². The van der Waals surface area contributed by atoms with Crippen LogP contribution in [0.1, 0.15) is 25.5 Å². The molecule has 1 atom stereocenters. The minimum Gasteiger partial charge on any atom is -0.492 e. The molecule has 9 heteroatoms. The lowest BCUT2D eigenvalue weighted by Gasteiger charge is -2.19. The molecule has 1 aromatic heterocycles. The fourth-order valence-electron chi connectivity index (χ4n) is 3.38. The van der Waals surface area contributed by atoms with Gasteiger partial charge < -0.3 is 19.4 Å². The normalized spacial score (nSPS) is 15.9. The fourth-order valence-corrected chi connectivity index (χ4v) is 5.06. The number of benzene rings is 1. The van der Waals surface area contributed by atoms with E-state index in [1.54, 1.807) is 25.3 Å². The van der Waals surface area contributed by atoms with Gasteiger partial charge in [0.25, 0.3) is 5.91 Å². The van der Waals surface area contributed by atoms with Crippen molar-refractivity contribution in [3.05, 3.63) is 42.4 Å². The highest BCUT2D eigenvalue weighted by molar-refractivity contribution is 7.89. The Balaban J connectivity index is 1.73. The molecule has 1 aliphatic heterocycles. The van der Waals surface area contributed by atoms with E-state index in [1.807, 2.05) is 19.2 Å². The van der Waals surface area contributed by atoms with Crippen LogP contribution in [-0.2, 0) is 21.4 Å². The predicted molar refractivity (Wildman–Crippen MR) is 108 cm³/mol. The van der Waals surface area contributed by atoms with Crippen LogP contribution in [-0.4, -0.2) is 51.9 Å². The second-order valence-electron chi connectivity index (χ2n) is 7.14. The second-order valence-corrected chi connectivity index (χ2v) is 9.05. The number of carbonyl (C=O) groups excluding carboxylic acids is 1. The number of rotatable bonds is 9. The Kier molecular flexibility index (Phi) is 6.94. The van der Waals surface area contributed by atoms with Crippen LogP contribution >= 0.6 is 0 Å². The molecule has 1 unspecified atom stereocenters. The van der Waals surface area contributed by atoms with E-state index in [4.69, 9.17) is 9.15 Å².